The van der Waals surface area contributed by atoms with Crippen molar-refractivity contribution in [2.45, 2.75) is 37.3 Å². The molecule has 0 unspecified atom stereocenters. The summed E-state index contributed by atoms with van der Waals surface area (Å²) in [5.41, 5.74) is 1.11. The molecule has 2 aromatic carbocycles. The molecule has 1 aliphatic heterocycles. The van der Waals surface area contributed by atoms with Crippen LogP contribution in [0.4, 0.5) is 10.1 Å². The van der Waals surface area contributed by atoms with E-state index in [1.54, 1.807) is 30.0 Å². The van der Waals surface area contributed by atoms with Crippen molar-refractivity contribution in [1.29, 1.82) is 0 Å². The van der Waals surface area contributed by atoms with Crippen LogP contribution in [0.15, 0.2) is 47.4 Å². The number of halogens is 1. The Morgan fingerprint density at radius 1 is 1.18 bits per heavy atom. The average molecular weight is 404 g/mol. The summed E-state index contributed by atoms with van der Waals surface area (Å²) < 4.78 is 46.4. The van der Waals surface area contributed by atoms with Gasteiger partial charge in [-0.25, -0.2) is 12.8 Å². The van der Waals surface area contributed by atoms with Crippen molar-refractivity contribution in [3.63, 3.8) is 0 Å². The van der Waals surface area contributed by atoms with E-state index in [0.717, 1.165) is 30.5 Å². The van der Waals surface area contributed by atoms with Crippen molar-refractivity contribution in [3.05, 3.63) is 53.8 Å². The second kappa shape index (κ2) is 7.09. The standard InChI is InChI=1S/C20H21FN2O4S/c1-13-20(24)23(11-14-2-3-14)12-15-10-17(6-9-19(15)27-13)22-28(25,26)18-7-4-16(21)5-8-18/h4-10,13-14,22H,2-3,11-12H2,1H3/t13-/m1/s1. The van der Waals surface area contributed by atoms with Gasteiger partial charge >= 0.3 is 0 Å². The Labute approximate surface area is 163 Å². The second-order valence-electron chi connectivity index (χ2n) is 7.30. The van der Waals surface area contributed by atoms with E-state index in [9.17, 15) is 17.6 Å². The second-order valence-corrected chi connectivity index (χ2v) is 8.99. The van der Waals surface area contributed by atoms with Crippen LogP contribution in [0.2, 0.25) is 0 Å². The van der Waals surface area contributed by atoms with Gasteiger partial charge < -0.3 is 9.64 Å². The molecule has 148 valence electrons. The first-order valence-corrected chi connectivity index (χ1v) is 10.7. The first-order valence-electron chi connectivity index (χ1n) is 9.18. The summed E-state index contributed by atoms with van der Waals surface area (Å²) in [5, 5.41) is 0. The molecular weight excluding hydrogens is 383 g/mol. The van der Waals surface area contributed by atoms with Gasteiger partial charge in [0.25, 0.3) is 15.9 Å². The minimum absolute atomic E-state index is 0.0285. The van der Waals surface area contributed by atoms with Gasteiger partial charge in [-0.05, 0) is 68.1 Å². The lowest BCUT2D eigenvalue weighted by Crippen LogP contribution is -2.39. The maximum atomic E-state index is 13.1. The summed E-state index contributed by atoms with van der Waals surface area (Å²) in [6, 6.07) is 9.56. The smallest absolute Gasteiger partial charge is 0.263 e. The largest absolute Gasteiger partial charge is 0.481 e. The van der Waals surface area contributed by atoms with E-state index in [2.05, 4.69) is 4.72 Å². The Morgan fingerprint density at radius 3 is 2.57 bits per heavy atom. The molecule has 1 aliphatic carbocycles. The minimum Gasteiger partial charge on any atom is -0.481 e. The van der Waals surface area contributed by atoms with E-state index in [4.69, 9.17) is 4.74 Å². The number of carbonyl (C=O) groups excluding carboxylic acids is 1. The maximum Gasteiger partial charge on any atom is 0.263 e. The fraction of sp³-hybridized carbons (Fsp3) is 0.350. The predicted molar refractivity (Wildman–Crippen MR) is 102 cm³/mol. The SMILES string of the molecule is C[C@H]1Oc2ccc(NS(=O)(=O)c3ccc(F)cc3)cc2CN(CC2CC2)C1=O. The van der Waals surface area contributed by atoms with Gasteiger partial charge in [0.1, 0.15) is 11.6 Å². The molecule has 6 nitrogen and oxygen atoms in total. The number of fused-ring (bicyclic) bond motifs is 1. The van der Waals surface area contributed by atoms with Gasteiger partial charge in [-0.1, -0.05) is 0 Å². The van der Waals surface area contributed by atoms with E-state index in [1.165, 1.54) is 12.1 Å². The summed E-state index contributed by atoms with van der Waals surface area (Å²) in [7, 11) is -3.85. The third-order valence-electron chi connectivity index (χ3n) is 4.94. The molecule has 1 fully saturated rings. The molecule has 1 heterocycles. The average Bonchev–Trinajstić information content (AvgIpc) is 3.47. The Kier molecular flexibility index (Phi) is 4.74. The zero-order valence-electron chi connectivity index (χ0n) is 15.4. The number of nitrogens with zero attached hydrogens (tertiary/aromatic N) is 1. The van der Waals surface area contributed by atoms with Crippen LogP contribution in [0.25, 0.3) is 0 Å². The Hall–Kier alpha value is -2.61. The summed E-state index contributed by atoms with van der Waals surface area (Å²) in [4.78, 5) is 14.3. The zero-order chi connectivity index (χ0) is 19.9. The van der Waals surface area contributed by atoms with E-state index in [-0.39, 0.29) is 10.8 Å². The molecule has 0 radical (unpaired) electrons. The van der Waals surface area contributed by atoms with Crippen LogP contribution >= 0.6 is 0 Å². The summed E-state index contributed by atoms with van der Waals surface area (Å²) in [6.07, 6.45) is 1.68. The number of sulfonamides is 1. The first-order chi connectivity index (χ1) is 13.3. The molecular formula is C20H21FN2O4S. The molecule has 0 saturated heterocycles. The van der Waals surface area contributed by atoms with Gasteiger partial charge in [0.15, 0.2) is 6.10 Å². The van der Waals surface area contributed by atoms with Gasteiger partial charge in [0, 0.05) is 24.3 Å². The number of rotatable bonds is 5. The zero-order valence-corrected chi connectivity index (χ0v) is 16.2. The van der Waals surface area contributed by atoms with Crippen molar-refractivity contribution in [2.24, 2.45) is 5.92 Å². The van der Waals surface area contributed by atoms with Crippen LogP contribution in [0.5, 0.6) is 5.75 Å². The molecule has 0 aromatic heterocycles. The quantitative estimate of drug-likeness (QED) is 0.831. The molecule has 1 atom stereocenters. The van der Waals surface area contributed by atoms with Crippen molar-refractivity contribution < 1.29 is 22.3 Å². The van der Waals surface area contributed by atoms with Crippen molar-refractivity contribution in [3.8, 4) is 5.75 Å². The number of carbonyl (C=O) groups is 1. The van der Waals surface area contributed by atoms with E-state index >= 15 is 0 Å². The molecule has 4 rings (SSSR count). The molecule has 0 bridgehead atoms. The lowest BCUT2D eigenvalue weighted by molar-refractivity contribution is -0.137. The molecule has 1 amide bonds. The summed E-state index contributed by atoms with van der Waals surface area (Å²) >= 11 is 0. The number of hydrogen-bond acceptors (Lipinski definition) is 4. The number of ether oxygens (including phenoxy) is 1. The van der Waals surface area contributed by atoms with Crippen LogP contribution in [0, 0.1) is 11.7 Å². The third-order valence-corrected chi connectivity index (χ3v) is 6.33. The van der Waals surface area contributed by atoms with Gasteiger partial charge in [0.05, 0.1) is 4.90 Å². The summed E-state index contributed by atoms with van der Waals surface area (Å²) in [6.45, 7) is 2.79. The number of benzene rings is 2. The molecule has 1 N–H and O–H groups in total. The lowest BCUT2D eigenvalue weighted by atomic mass is 10.1. The Morgan fingerprint density at radius 2 is 1.89 bits per heavy atom. The molecule has 1 saturated carbocycles. The number of hydrogen-bond donors (Lipinski definition) is 1. The lowest BCUT2D eigenvalue weighted by Gasteiger charge is -2.22. The fourth-order valence-corrected chi connectivity index (χ4v) is 4.31. The van der Waals surface area contributed by atoms with E-state index in [0.29, 0.717) is 30.4 Å². The number of anilines is 1. The highest BCUT2D eigenvalue weighted by atomic mass is 32.2. The normalized spacial score (nSPS) is 19.6. The van der Waals surface area contributed by atoms with Crippen LogP contribution in [-0.4, -0.2) is 31.9 Å². The molecule has 0 spiro atoms. The first kappa shape index (κ1) is 18.7. The van der Waals surface area contributed by atoms with Crippen LogP contribution in [0.3, 0.4) is 0 Å². The highest BCUT2D eigenvalue weighted by molar-refractivity contribution is 7.92. The van der Waals surface area contributed by atoms with Gasteiger partial charge in [-0.15, -0.1) is 0 Å². The topological polar surface area (TPSA) is 75.7 Å². The molecule has 2 aliphatic rings. The minimum atomic E-state index is -3.85. The van der Waals surface area contributed by atoms with Crippen molar-refractivity contribution in [2.75, 3.05) is 11.3 Å². The van der Waals surface area contributed by atoms with E-state index < -0.39 is 21.9 Å². The van der Waals surface area contributed by atoms with Crippen LogP contribution in [0.1, 0.15) is 25.3 Å². The molecule has 28 heavy (non-hydrogen) atoms. The van der Waals surface area contributed by atoms with Gasteiger partial charge in [-0.3, -0.25) is 9.52 Å². The van der Waals surface area contributed by atoms with Gasteiger partial charge in [-0.2, -0.15) is 0 Å². The van der Waals surface area contributed by atoms with Crippen LogP contribution in [-0.2, 0) is 21.4 Å². The summed E-state index contributed by atoms with van der Waals surface area (Å²) in [5.74, 6) is 0.550. The Bertz CT molecular complexity index is 1000. The van der Waals surface area contributed by atoms with Gasteiger partial charge in [0.2, 0.25) is 0 Å². The highest BCUT2D eigenvalue weighted by Gasteiger charge is 2.32. The third kappa shape index (κ3) is 3.96. The Balaban J connectivity index is 1.59. The van der Waals surface area contributed by atoms with Crippen molar-refractivity contribution >= 4 is 21.6 Å². The monoisotopic (exact) mass is 404 g/mol. The van der Waals surface area contributed by atoms with Crippen LogP contribution < -0.4 is 9.46 Å². The molecule has 2 aromatic rings. The maximum absolute atomic E-state index is 13.1. The van der Waals surface area contributed by atoms with Crippen molar-refractivity contribution in [1.82, 2.24) is 4.90 Å². The molecule has 8 heteroatoms. The number of amides is 1. The highest BCUT2D eigenvalue weighted by Crippen LogP contribution is 2.34. The predicted octanol–water partition coefficient (Wildman–Crippen LogP) is 3.15. The van der Waals surface area contributed by atoms with E-state index in [1.807, 2.05) is 0 Å². The number of nitrogens with one attached hydrogen (secondary N) is 1. The fourth-order valence-electron chi connectivity index (χ4n) is 3.26.